The van der Waals surface area contributed by atoms with Gasteiger partial charge in [-0.3, -0.25) is 4.57 Å². The summed E-state index contributed by atoms with van der Waals surface area (Å²) in [5.41, 5.74) is 1.44. The predicted molar refractivity (Wildman–Crippen MR) is 133 cm³/mol. The first-order valence-electron chi connectivity index (χ1n) is 9.75. The molecular formula is C22H23Cl2F2IN2OSi. The van der Waals surface area contributed by atoms with Gasteiger partial charge in [0.1, 0.15) is 27.9 Å². The fourth-order valence-electron chi connectivity index (χ4n) is 3.14. The van der Waals surface area contributed by atoms with Gasteiger partial charge in [-0.05, 0) is 64.0 Å². The van der Waals surface area contributed by atoms with Crippen LogP contribution < -0.4 is 0 Å². The van der Waals surface area contributed by atoms with Crippen LogP contribution in [0.25, 0.3) is 0 Å². The lowest BCUT2D eigenvalue weighted by Gasteiger charge is -2.21. The summed E-state index contributed by atoms with van der Waals surface area (Å²) in [6.45, 7) is 7.90. The molecule has 3 aromatic rings. The molecule has 0 spiro atoms. The second-order valence-corrected chi connectivity index (χ2v) is 16.0. The van der Waals surface area contributed by atoms with Crippen molar-refractivity contribution in [2.75, 3.05) is 6.61 Å². The van der Waals surface area contributed by atoms with Crippen LogP contribution in [-0.2, 0) is 11.5 Å². The maximum Gasteiger partial charge on any atom is 0.141 e. The molecular weight excluding hydrogens is 572 g/mol. The molecule has 9 heteroatoms. The Labute approximate surface area is 205 Å². The Kier molecular flexibility index (Phi) is 8.18. The van der Waals surface area contributed by atoms with Crippen molar-refractivity contribution in [1.29, 1.82) is 0 Å². The third-order valence-corrected chi connectivity index (χ3v) is 8.01. The van der Waals surface area contributed by atoms with Gasteiger partial charge in [0.05, 0.1) is 22.2 Å². The first kappa shape index (κ1) is 24.6. The van der Waals surface area contributed by atoms with E-state index in [1.165, 1.54) is 12.1 Å². The summed E-state index contributed by atoms with van der Waals surface area (Å²) >= 11 is 14.3. The zero-order valence-electron chi connectivity index (χ0n) is 17.4. The molecule has 3 rings (SSSR count). The fraction of sp³-hybridized carbons (Fsp3) is 0.318. The van der Waals surface area contributed by atoms with Crippen molar-refractivity contribution in [3.05, 3.63) is 84.9 Å². The van der Waals surface area contributed by atoms with Gasteiger partial charge in [0.25, 0.3) is 0 Å². The van der Waals surface area contributed by atoms with E-state index in [0.29, 0.717) is 19.2 Å². The van der Waals surface area contributed by atoms with Crippen LogP contribution in [0.4, 0.5) is 8.78 Å². The van der Waals surface area contributed by atoms with Gasteiger partial charge in [-0.15, -0.1) is 0 Å². The summed E-state index contributed by atoms with van der Waals surface area (Å²) in [5, 5.41) is 0.0183. The average Bonchev–Trinajstić information content (AvgIpc) is 3.04. The fourth-order valence-corrected chi connectivity index (χ4v) is 4.80. The summed E-state index contributed by atoms with van der Waals surface area (Å²) in [6, 6.07) is 10.1. The molecule has 0 aliphatic rings. The number of rotatable bonds is 8. The van der Waals surface area contributed by atoms with E-state index in [0.717, 1.165) is 20.9 Å². The van der Waals surface area contributed by atoms with Crippen LogP contribution in [0.5, 0.6) is 0 Å². The molecule has 3 nitrogen and oxygen atoms in total. The lowest BCUT2D eigenvalue weighted by molar-refractivity contribution is 0.0833. The molecule has 0 N–H and O–H groups in total. The number of hydrogen-bond donors (Lipinski definition) is 0. The van der Waals surface area contributed by atoms with Crippen LogP contribution in [0.15, 0.2) is 42.6 Å². The molecule has 0 bridgehead atoms. The van der Waals surface area contributed by atoms with Crippen molar-refractivity contribution >= 4 is 53.9 Å². The number of imidazole rings is 1. The molecule has 0 aliphatic heterocycles. The SMILES string of the molecule is C[Si](C)(C)CCOCn1c(I)cnc1C(c1ccc(F)c(Cl)c1)c1ccc(F)c(Cl)c1. The summed E-state index contributed by atoms with van der Waals surface area (Å²) in [4.78, 5) is 4.61. The van der Waals surface area contributed by atoms with E-state index in [9.17, 15) is 8.78 Å². The highest BCUT2D eigenvalue weighted by Gasteiger charge is 2.25. The minimum atomic E-state index is -1.21. The first-order valence-corrected chi connectivity index (χ1v) is 15.3. The Bertz CT molecular complexity index is 1020. The summed E-state index contributed by atoms with van der Waals surface area (Å²) < 4.78 is 36.5. The molecule has 0 saturated carbocycles. The van der Waals surface area contributed by atoms with E-state index in [-0.39, 0.29) is 10.0 Å². The normalized spacial score (nSPS) is 12.0. The smallest absolute Gasteiger partial charge is 0.141 e. The molecule has 31 heavy (non-hydrogen) atoms. The highest BCUT2D eigenvalue weighted by molar-refractivity contribution is 14.1. The lowest BCUT2D eigenvalue weighted by atomic mass is 9.90. The summed E-state index contributed by atoms with van der Waals surface area (Å²) in [6.07, 6.45) is 1.75. The first-order chi connectivity index (χ1) is 14.6. The Balaban J connectivity index is 2.02. The maximum atomic E-state index is 13.8. The summed E-state index contributed by atoms with van der Waals surface area (Å²) in [7, 11) is -1.21. The molecule has 0 atom stereocenters. The van der Waals surface area contributed by atoms with Crippen LogP contribution in [-0.4, -0.2) is 24.2 Å². The Morgan fingerprint density at radius 3 is 2.06 bits per heavy atom. The van der Waals surface area contributed by atoms with Gasteiger partial charge < -0.3 is 4.74 Å². The van der Waals surface area contributed by atoms with Crippen LogP contribution in [0, 0.1) is 15.3 Å². The van der Waals surface area contributed by atoms with Crippen LogP contribution in [0.1, 0.15) is 22.9 Å². The van der Waals surface area contributed by atoms with Crippen molar-refractivity contribution in [1.82, 2.24) is 9.55 Å². The molecule has 1 aromatic heterocycles. The molecule has 2 aromatic carbocycles. The summed E-state index contributed by atoms with van der Waals surface area (Å²) in [5.74, 6) is -0.758. The Hall–Kier alpha value is -1.00. The van der Waals surface area contributed by atoms with E-state index in [2.05, 4.69) is 47.2 Å². The second kappa shape index (κ2) is 10.3. The quantitative estimate of drug-likeness (QED) is 0.153. The zero-order chi connectivity index (χ0) is 22.8. The molecule has 166 valence electrons. The van der Waals surface area contributed by atoms with E-state index in [1.54, 1.807) is 30.5 Å². The highest BCUT2D eigenvalue weighted by atomic mass is 127. The molecule has 0 amide bonds. The maximum absolute atomic E-state index is 13.8. The van der Waals surface area contributed by atoms with Gasteiger partial charge in [0.2, 0.25) is 0 Å². The Morgan fingerprint density at radius 1 is 1.03 bits per heavy atom. The third kappa shape index (κ3) is 6.28. The van der Waals surface area contributed by atoms with E-state index in [1.807, 2.05) is 4.57 Å². The van der Waals surface area contributed by atoms with Gasteiger partial charge in [-0.1, -0.05) is 55.0 Å². The third-order valence-electron chi connectivity index (χ3n) is 4.87. The van der Waals surface area contributed by atoms with Crippen LogP contribution >= 0.6 is 45.8 Å². The monoisotopic (exact) mass is 594 g/mol. The lowest BCUT2D eigenvalue weighted by Crippen LogP contribution is -2.22. The van der Waals surface area contributed by atoms with Crippen molar-refractivity contribution < 1.29 is 13.5 Å². The van der Waals surface area contributed by atoms with Gasteiger partial charge in [0, 0.05) is 14.7 Å². The van der Waals surface area contributed by atoms with Gasteiger partial charge in [-0.25, -0.2) is 13.8 Å². The van der Waals surface area contributed by atoms with E-state index in [4.69, 9.17) is 27.9 Å². The van der Waals surface area contributed by atoms with Gasteiger partial charge in [-0.2, -0.15) is 0 Å². The Morgan fingerprint density at radius 2 is 1.58 bits per heavy atom. The van der Waals surface area contributed by atoms with Gasteiger partial charge in [0.15, 0.2) is 0 Å². The molecule has 0 saturated heterocycles. The number of benzene rings is 2. The average molecular weight is 595 g/mol. The molecule has 1 heterocycles. The largest absolute Gasteiger partial charge is 0.361 e. The number of hydrogen-bond acceptors (Lipinski definition) is 2. The van der Waals surface area contributed by atoms with Crippen LogP contribution in [0.2, 0.25) is 35.7 Å². The molecule has 0 unspecified atom stereocenters. The van der Waals surface area contributed by atoms with Crippen molar-refractivity contribution in [3.63, 3.8) is 0 Å². The van der Waals surface area contributed by atoms with Gasteiger partial charge >= 0.3 is 0 Å². The van der Waals surface area contributed by atoms with E-state index >= 15 is 0 Å². The topological polar surface area (TPSA) is 27.1 Å². The van der Waals surface area contributed by atoms with Crippen molar-refractivity contribution in [2.45, 2.75) is 38.3 Å². The number of aromatic nitrogens is 2. The second-order valence-electron chi connectivity index (χ2n) is 8.50. The molecule has 0 aliphatic carbocycles. The zero-order valence-corrected chi connectivity index (χ0v) is 22.1. The van der Waals surface area contributed by atoms with Crippen molar-refractivity contribution in [2.24, 2.45) is 0 Å². The minimum absolute atomic E-state index is 0.00916. The predicted octanol–water partition coefficient (Wildman–Crippen LogP) is 7.57. The highest BCUT2D eigenvalue weighted by Crippen LogP contribution is 2.35. The van der Waals surface area contributed by atoms with Crippen molar-refractivity contribution in [3.8, 4) is 0 Å². The number of nitrogens with zero attached hydrogens (tertiary/aromatic N) is 2. The molecule has 0 fully saturated rings. The standard InChI is InChI=1S/C22H23Cl2F2IN2OSi/c1-31(2,3)9-8-30-13-29-20(27)12-28-22(29)21(14-4-6-18(25)16(23)10-14)15-5-7-19(26)17(24)11-15/h4-7,10-12,21H,8-9,13H2,1-3H3. The minimum Gasteiger partial charge on any atom is -0.361 e. The van der Waals surface area contributed by atoms with Crippen LogP contribution in [0.3, 0.4) is 0 Å². The molecule has 0 radical (unpaired) electrons. The van der Waals surface area contributed by atoms with E-state index < -0.39 is 25.6 Å². The number of ether oxygens (including phenoxy) is 1. The number of halogens is 5.